The molecule has 0 aromatic rings. The van der Waals surface area contributed by atoms with Crippen LogP contribution in [-0.4, -0.2) is 48.6 Å². The number of alkyl halides is 3. The van der Waals surface area contributed by atoms with Crippen molar-refractivity contribution in [2.75, 3.05) is 13.1 Å². The molecule has 122 valence electrons. The lowest BCUT2D eigenvalue weighted by Gasteiger charge is -2.13. The van der Waals surface area contributed by atoms with Gasteiger partial charge in [-0.15, -0.1) is 0 Å². The van der Waals surface area contributed by atoms with Crippen LogP contribution in [0.5, 0.6) is 0 Å². The number of unbranched alkanes of at least 4 members (excludes halogenated alkanes) is 1. The lowest BCUT2D eigenvalue weighted by Crippen LogP contribution is -2.40. The van der Waals surface area contributed by atoms with Gasteiger partial charge >= 0.3 is 18.2 Å². The smallest absolute Gasteiger partial charge is 0.389 e. The molecule has 2 unspecified atom stereocenters. The van der Waals surface area contributed by atoms with Gasteiger partial charge in [0.2, 0.25) is 0 Å². The van der Waals surface area contributed by atoms with Crippen LogP contribution < -0.4 is 10.6 Å². The van der Waals surface area contributed by atoms with Gasteiger partial charge < -0.3 is 20.5 Å². The Labute approximate surface area is 120 Å². The molecule has 0 radical (unpaired) electrons. The third kappa shape index (κ3) is 7.74. The summed E-state index contributed by atoms with van der Waals surface area (Å²) in [6.07, 6.45) is -5.04. The first-order chi connectivity index (χ1) is 9.78. The summed E-state index contributed by atoms with van der Waals surface area (Å²) in [5.74, 6) is -1.02. The molecule has 0 saturated carbocycles. The number of ether oxygens (including phenoxy) is 1. The third-order valence-electron chi connectivity index (χ3n) is 3.05. The van der Waals surface area contributed by atoms with Crippen LogP contribution in [0.3, 0.4) is 0 Å². The fourth-order valence-electron chi connectivity index (χ4n) is 1.96. The number of carboxylic acids is 1. The van der Waals surface area contributed by atoms with Crippen LogP contribution in [0, 0.1) is 0 Å². The summed E-state index contributed by atoms with van der Waals surface area (Å²) in [4.78, 5) is 22.0. The Kier molecular flexibility index (Phi) is 6.73. The summed E-state index contributed by atoms with van der Waals surface area (Å²) in [7, 11) is 0. The molecule has 0 aromatic carbocycles. The number of carboxylic acid groups (broad SMARTS) is 1. The molecule has 0 aliphatic carbocycles. The van der Waals surface area contributed by atoms with Crippen molar-refractivity contribution in [2.24, 2.45) is 0 Å². The first-order valence-corrected chi connectivity index (χ1v) is 6.74. The van der Waals surface area contributed by atoms with Crippen LogP contribution in [0.15, 0.2) is 0 Å². The highest BCUT2D eigenvalue weighted by Gasteiger charge is 2.30. The van der Waals surface area contributed by atoms with Crippen molar-refractivity contribution in [3.63, 3.8) is 0 Å². The zero-order valence-corrected chi connectivity index (χ0v) is 11.4. The molecular formula is C12H19F3N2O4. The second kappa shape index (κ2) is 8.06. The van der Waals surface area contributed by atoms with E-state index < -0.39 is 30.7 Å². The Balaban J connectivity index is 2.03. The van der Waals surface area contributed by atoms with E-state index in [1.54, 1.807) is 0 Å². The zero-order valence-electron chi connectivity index (χ0n) is 11.4. The Hall–Kier alpha value is -1.51. The molecule has 2 atom stereocenters. The maximum absolute atomic E-state index is 11.9. The maximum Gasteiger partial charge on any atom is 0.389 e. The van der Waals surface area contributed by atoms with E-state index in [9.17, 15) is 22.8 Å². The summed E-state index contributed by atoms with van der Waals surface area (Å²) in [5, 5.41) is 13.7. The molecule has 9 heteroatoms. The summed E-state index contributed by atoms with van der Waals surface area (Å²) in [6.45, 7) is 0.337. The van der Waals surface area contributed by atoms with E-state index >= 15 is 0 Å². The Bertz CT molecular complexity index is 363. The Morgan fingerprint density at radius 3 is 2.48 bits per heavy atom. The van der Waals surface area contributed by atoms with E-state index in [1.807, 2.05) is 0 Å². The van der Waals surface area contributed by atoms with Crippen molar-refractivity contribution in [2.45, 2.75) is 50.5 Å². The van der Waals surface area contributed by atoms with E-state index in [1.165, 1.54) is 0 Å². The third-order valence-corrected chi connectivity index (χ3v) is 3.05. The second-order valence-corrected chi connectivity index (χ2v) is 4.87. The Morgan fingerprint density at radius 2 is 1.90 bits per heavy atom. The number of carbonyl (C=O) groups excluding carboxylic acids is 1. The molecule has 0 spiro atoms. The highest BCUT2D eigenvalue weighted by molar-refractivity contribution is 5.74. The Morgan fingerprint density at radius 1 is 1.19 bits per heavy atom. The SMILES string of the molecule is O=C(NCCCCC(F)(F)F)NCC1CCC(C(=O)O)O1. The minimum atomic E-state index is -4.16. The second-order valence-electron chi connectivity index (χ2n) is 4.87. The van der Waals surface area contributed by atoms with Crippen molar-refractivity contribution in [3.8, 4) is 0 Å². The minimum Gasteiger partial charge on any atom is -0.479 e. The fraction of sp³-hybridized carbons (Fsp3) is 0.833. The number of urea groups is 1. The predicted molar refractivity (Wildman–Crippen MR) is 66.8 cm³/mol. The van der Waals surface area contributed by atoms with Gasteiger partial charge in [0.05, 0.1) is 6.10 Å². The van der Waals surface area contributed by atoms with Crippen LogP contribution in [0.4, 0.5) is 18.0 Å². The molecule has 1 saturated heterocycles. The van der Waals surface area contributed by atoms with E-state index in [-0.39, 0.29) is 32.0 Å². The molecule has 0 aromatic heterocycles. The summed E-state index contributed by atoms with van der Waals surface area (Å²) in [6, 6.07) is -0.496. The molecule has 1 heterocycles. The highest BCUT2D eigenvalue weighted by Crippen LogP contribution is 2.21. The van der Waals surface area contributed by atoms with Crippen LogP contribution in [0.2, 0.25) is 0 Å². The lowest BCUT2D eigenvalue weighted by molar-refractivity contribution is -0.149. The van der Waals surface area contributed by atoms with E-state index in [0.29, 0.717) is 12.8 Å². The van der Waals surface area contributed by atoms with Gasteiger partial charge in [-0.25, -0.2) is 9.59 Å². The van der Waals surface area contributed by atoms with Crippen molar-refractivity contribution >= 4 is 12.0 Å². The zero-order chi connectivity index (χ0) is 15.9. The van der Waals surface area contributed by atoms with Gasteiger partial charge in [0.1, 0.15) is 0 Å². The molecule has 3 N–H and O–H groups in total. The van der Waals surface area contributed by atoms with Gasteiger partial charge in [0.25, 0.3) is 0 Å². The number of carbonyl (C=O) groups is 2. The molecule has 21 heavy (non-hydrogen) atoms. The normalized spacial score (nSPS) is 22.0. The molecular weight excluding hydrogens is 293 g/mol. The summed E-state index contributed by atoms with van der Waals surface area (Å²) < 4.78 is 40.8. The van der Waals surface area contributed by atoms with Crippen LogP contribution in [-0.2, 0) is 9.53 Å². The number of hydrogen-bond acceptors (Lipinski definition) is 3. The van der Waals surface area contributed by atoms with Crippen molar-refractivity contribution < 1.29 is 32.6 Å². The molecule has 6 nitrogen and oxygen atoms in total. The van der Waals surface area contributed by atoms with Crippen LogP contribution >= 0.6 is 0 Å². The minimum absolute atomic E-state index is 0.0319. The predicted octanol–water partition coefficient (Wildman–Crippen LogP) is 1.65. The topological polar surface area (TPSA) is 87.7 Å². The van der Waals surface area contributed by atoms with Gasteiger partial charge in [0, 0.05) is 19.5 Å². The number of amides is 2. The summed E-state index contributed by atoms with van der Waals surface area (Å²) in [5.41, 5.74) is 0. The molecule has 2 amide bonds. The average Bonchev–Trinajstić information content (AvgIpc) is 2.83. The first-order valence-electron chi connectivity index (χ1n) is 6.74. The number of nitrogens with one attached hydrogen (secondary N) is 2. The molecule has 1 fully saturated rings. The van der Waals surface area contributed by atoms with Crippen LogP contribution in [0.25, 0.3) is 0 Å². The van der Waals surface area contributed by atoms with Crippen molar-refractivity contribution in [3.05, 3.63) is 0 Å². The standard InChI is InChI=1S/C12H19F3N2O4/c13-12(14,15)5-1-2-6-16-11(20)17-7-8-3-4-9(21-8)10(18)19/h8-9H,1-7H2,(H,18,19)(H2,16,17,20). The fourth-order valence-corrected chi connectivity index (χ4v) is 1.96. The maximum atomic E-state index is 11.9. The molecule has 1 rings (SSSR count). The van der Waals surface area contributed by atoms with Crippen molar-refractivity contribution in [1.82, 2.24) is 10.6 Å². The highest BCUT2D eigenvalue weighted by atomic mass is 19.4. The van der Waals surface area contributed by atoms with Gasteiger partial charge in [-0.3, -0.25) is 0 Å². The van der Waals surface area contributed by atoms with Gasteiger partial charge in [0.15, 0.2) is 6.10 Å². The number of rotatable bonds is 7. The van der Waals surface area contributed by atoms with Crippen molar-refractivity contribution in [1.29, 1.82) is 0 Å². The van der Waals surface area contributed by atoms with Gasteiger partial charge in [-0.2, -0.15) is 13.2 Å². The molecule has 1 aliphatic rings. The van der Waals surface area contributed by atoms with Gasteiger partial charge in [-0.05, 0) is 25.7 Å². The quantitative estimate of drug-likeness (QED) is 0.624. The lowest BCUT2D eigenvalue weighted by atomic mass is 10.2. The average molecular weight is 312 g/mol. The van der Waals surface area contributed by atoms with Gasteiger partial charge in [-0.1, -0.05) is 0 Å². The number of hydrogen-bond donors (Lipinski definition) is 3. The molecule has 1 aliphatic heterocycles. The molecule has 0 bridgehead atoms. The monoisotopic (exact) mass is 312 g/mol. The van der Waals surface area contributed by atoms with Crippen LogP contribution in [0.1, 0.15) is 32.1 Å². The number of halogens is 3. The number of aliphatic carboxylic acids is 1. The van der Waals surface area contributed by atoms with E-state index in [2.05, 4.69) is 10.6 Å². The van der Waals surface area contributed by atoms with E-state index in [4.69, 9.17) is 9.84 Å². The summed E-state index contributed by atoms with van der Waals surface area (Å²) >= 11 is 0. The first kappa shape index (κ1) is 17.5. The van der Waals surface area contributed by atoms with E-state index in [0.717, 1.165) is 0 Å². The largest absolute Gasteiger partial charge is 0.479 e.